The Morgan fingerprint density at radius 2 is 2.07 bits per heavy atom. The van der Waals surface area contributed by atoms with Crippen molar-refractivity contribution < 1.29 is 14.3 Å². The standard InChI is InChI=1S/C19H15N5O3S/c25-19(9-12-3-5-14-15(8-12)27-11-26-14)20-10-18-22-21-17-6-4-13(23-24(17)18)16-2-1-7-28-16/h1-8H,9-11H2,(H,20,25). The second-order valence-electron chi connectivity index (χ2n) is 6.22. The molecule has 4 aromatic rings. The van der Waals surface area contributed by atoms with Gasteiger partial charge in [0, 0.05) is 0 Å². The van der Waals surface area contributed by atoms with E-state index in [1.54, 1.807) is 15.9 Å². The summed E-state index contributed by atoms with van der Waals surface area (Å²) in [5.41, 5.74) is 2.33. The number of carbonyl (C=O) groups excluding carboxylic acids is 1. The molecule has 140 valence electrons. The number of rotatable bonds is 5. The van der Waals surface area contributed by atoms with Crippen molar-refractivity contribution in [3.05, 3.63) is 59.2 Å². The first-order chi connectivity index (χ1) is 13.8. The molecule has 1 aliphatic rings. The van der Waals surface area contributed by atoms with Gasteiger partial charge in [0.05, 0.1) is 17.8 Å². The van der Waals surface area contributed by atoms with Crippen LogP contribution in [0.1, 0.15) is 11.4 Å². The Balaban J connectivity index is 1.29. The number of hydrogen-bond acceptors (Lipinski definition) is 7. The number of amides is 1. The Morgan fingerprint density at radius 1 is 1.14 bits per heavy atom. The van der Waals surface area contributed by atoms with Crippen LogP contribution in [0.15, 0.2) is 47.8 Å². The van der Waals surface area contributed by atoms with Crippen LogP contribution in [0.3, 0.4) is 0 Å². The fourth-order valence-corrected chi connectivity index (χ4v) is 3.67. The van der Waals surface area contributed by atoms with E-state index in [0.717, 1.165) is 16.1 Å². The van der Waals surface area contributed by atoms with Crippen molar-refractivity contribution in [2.45, 2.75) is 13.0 Å². The van der Waals surface area contributed by atoms with E-state index in [4.69, 9.17) is 9.47 Å². The topological polar surface area (TPSA) is 90.6 Å². The van der Waals surface area contributed by atoms with E-state index in [1.165, 1.54) is 0 Å². The summed E-state index contributed by atoms with van der Waals surface area (Å²) in [6.45, 7) is 0.455. The molecule has 0 spiro atoms. The molecule has 0 atom stereocenters. The average Bonchev–Trinajstić information content (AvgIpc) is 3.45. The SMILES string of the molecule is O=C(Cc1ccc2c(c1)OCO2)NCc1nnc2ccc(-c3cccs3)nn12. The van der Waals surface area contributed by atoms with Crippen molar-refractivity contribution in [1.29, 1.82) is 0 Å². The fourth-order valence-electron chi connectivity index (χ4n) is 2.98. The lowest BCUT2D eigenvalue weighted by Gasteiger charge is -2.05. The fraction of sp³-hybridized carbons (Fsp3) is 0.158. The van der Waals surface area contributed by atoms with Crippen molar-refractivity contribution in [2.75, 3.05) is 6.79 Å². The third kappa shape index (κ3) is 3.16. The van der Waals surface area contributed by atoms with Gasteiger partial charge in [0.2, 0.25) is 12.7 Å². The second-order valence-corrected chi connectivity index (χ2v) is 7.17. The van der Waals surface area contributed by atoms with E-state index < -0.39 is 0 Å². The average molecular weight is 393 g/mol. The molecule has 1 N–H and O–H groups in total. The Bertz CT molecular complexity index is 1160. The number of benzene rings is 1. The number of fused-ring (bicyclic) bond motifs is 2. The Morgan fingerprint density at radius 3 is 2.96 bits per heavy atom. The van der Waals surface area contributed by atoms with E-state index in [0.29, 0.717) is 23.0 Å². The van der Waals surface area contributed by atoms with Gasteiger partial charge in [0.1, 0.15) is 5.69 Å². The molecule has 8 nitrogen and oxygen atoms in total. The molecule has 28 heavy (non-hydrogen) atoms. The van der Waals surface area contributed by atoms with Gasteiger partial charge in [-0.2, -0.15) is 9.61 Å². The minimum atomic E-state index is -0.120. The highest BCUT2D eigenvalue weighted by Gasteiger charge is 2.15. The van der Waals surface area contributed by atoms with Crippen molar-refractivity contribution in [1.82, 2.24) is 25.1 Å². The van der Waals surface area contributed by atoms with Gasteiger partial charge in [-0.05, 0) is 41.3 Å². The number of hydrogen-bond donors (Lipinski definition) is 1. The summed E-state index contributed by atoms with van der Waals surface area (Å²) in [5, 5.41) is 17.7. The molecule has 4 heterocycles. The molecule has 3 aromatic heterocycles. The predicted molar refractivity (Wildman–Crippen MR) is 102 cm³/mol. The van der Waals surface area contributed by atoms with Gasteiger partial charge in [-0.3, -0.25) is 4.79 Å². The summed E-state index contributed by atoms with van der Waals surface area (Å²) >= 11 is 1.62. The predicted octanol–water partition coefficient (Wildman–Crippen LogP) is 2.44. The third-order valence-electron chi connectivity index (χ3n) is 4.35. The van der Waals surface area contributed by atoms with Crippen molar-refractivity contribution in [2.24, 2.45) is 0 Å². The lowest BCUT2D eigenvalue weighted by molar-refractivity contribution is -0.120. The zero-order valence-corrected chi connectivity index (χ0v) is 15.5. The molecule has 5 rings (SSSR count). The van der Waals surface area contributed by atoms with E-state index in [1.807, 2.05) is 47.8 Å². The van der Waals surface area contributed by atoms with Gasteiger partial charge in [0.15, 0.2) is 23.0 Å². The lowest BCUT2D eigenvalue weighted by atomic mass is 10.1. The van der Waals surface area contributed by atoms with Gasteiger partial charge in [0.25, 0.3) is 0 Å². The molecule has 0 radical (unpaired) electrons. The van der Waals surface area contributed by atoms with Crippen LogP contribution in [0.5, 0.6) is 11.5 Å². The zero-order chi connectivity index (χ0) is 18.9. The molecule has 0 saturated heterocycles. The molecule has 0 aliphatic carbocycles. The molecule has 0 saturated carbocycles. The highest BCUT2D eigenvalue weighted by Crippen LogP contribution is 2.32. The Labute approximate surface area is 163 Å². The maximum Gasteiger partial charge on any atom is 0.231 e. The summed E-state index contributed by atoms with van der Waals surface area (Å²) in [4.78, 5) is 13.4. The zero-order valence-electron chi connectivity index (χ0n) is 14.7. The summed E-state index contributed by atoms with van der Waals surface area (Å²) in [6, 6.07) is 13.3. The van der Waals surface area contributed by atoms with Crippen LogP contribution in [0.25, 0.3) is 16.2 Å². The highest BCUT2D eigenvalue weighted by atomic mass is 32.1. The quantitative estimate of drug-likeness (QED) is 0.560. The first-order valence-corrected chi connectivity index (χ1v) is 9.55. The minimum absolute atomic E-state index is 0.120. The van der Waals surface area contributed by atoms with E-state index in [-0.39, 0.29) is 25.7 Å². The normalized spacial score (nSPS) is 12.4. The molecule has 1 aliphatic heterocycles. The summed E-state index contributed by atoms with van der Waals surface area (Å²) in [5.74, 6) is 1.82. The van der Waals surface area contributed by atoms with Crippen LogP contribution in [0, 0.1) is 0 Å². The van der Waals surface area contributed by atoms with Gasteiger partial charge in [-0.25, -0.2) is 0 Å². The van der Waals surface area contributed by atoms with Gasteiger partial charge in [-0.15, -0.1) is 21.5 Å². The van der Waals surface area contributed by atoms with Crippen molar-refractivity contribution >= 4 is 22.9 Å². The van der Waals surface area contributed by atoms with E-state index >= 15 is 0 Å². The third-order valence-corrected chi connectivity index (χ3v) is 5.24. The Kier molecular flexibility index (Phi) is 4.13. The number of carbonyl (C=O) groups is 1. The van der Waals surface area contributed by atoms with Crippen LogP contribution in [0.4, 0.5) is 0 Å². The smallest absolute Gasteiger partial charge is 0.231 e. The van der Waals surface area contributed by atoms with Crippen LogP contribution in [0.2, 0.25) is 0 Å². The van der Waals surface area contributed by atoms with Gasteiger partial charge in [-0.1, -0.05) is 12.1 Å². The number of nitrogens with zero attached hydrogens (tertiary/aromatic N) is 4. The highest BCUT2D eigenvalue weighted by molar-refractivity contribution is 7.13. The van der Waals surface area contributed by atoms with E-state index in [2.05, 4.69) is 20.6 Å². The lowest BCUT2D eigenvalue weighted by Crippen LogP contribution is -2.25. The second kappa shape index (κ2) is 6.93. The maximum atomic E-state index is 12.3. The number of thiophene rings is 1. The van der Waals surface area contributed by atoms with Gasteiger partial charge < -0.3 is 14.8 Å². The van der Waals surface area contributed by atoms with Crippen LogP contribution >= 0.6 is 11.3 Å². The number of nitrogens with one attached hydrogen (secondary N) is 1. The van der Waals surface area contributed by atoms with Crippen molar-refractivity contribution in [3.8, 4) is 22.1 Å². The van der Waals surface area contributed by atoms with Crippen LogP contribution in [-0.2, 0) is 17.8 Å². The molecule has 0 fully saturated rings. The summed E-state index contributed by atoms with van der Waals surface area (Å²) in [6.07, 6.45) is 0.237. The molecular formula is C19H15N5O3S. The first-order valence-electron chi connectivity index (χ1n) is 8.67. The number of aromatic nitrogens is 4. The van der Waals surface area contributed by atoms with E-state index in [9.17, 15) is 4.79 Å². The summed E-state index contributed by atoms with van der Waals surface area (Å²) < 4.78 is 12.3. The molecule has 1 amide bonds. The Hall–Kier alpha value is -3.46. The molecule has 0 unspecified atom stereocenters. The van der Waals surface area contributed by atoms with Gasteiger partial charge >= 0.3 is 0 Å². The number of ether oxygens (including phenoxy) is 2. The minimum Gasteiger partial charge on any atom is -0.454 e. The first kappa shape index (κ1) is 16.7. The largest absolute Gasteiger partial charge is 0.454 e. The monoisotopic (exact) mass is 393 g/mol. The molecule has 1 aromatic carbocycles. The van der Waals surface area contributed by atoms with Crippen LogP contribution in [-0.4, -0.2) is 32.5 Å². The van der Waals surface area contributed by atoms with Crippen LogP contribution < -0.4 is 14.8 Å². The van der Waals surface area contributed by atoms with Crippen molar-refractivity contribution in [3.63, 3.8) is 0 Å². The maximum absolute atomic E-state index is 12.3. The molecular weight excluding hydrogens is 378 g/mol. The molecule has 0 bridgehead atoms. The summed E-state index contributed by atoms with van der Waals surface area (Å²) in [7, 11) is 0. The molecule has 9 heteroatoms.